The van der Waals surface area contributed by atoms with Gasteiger partial charge in [0.05, 0.1) is 5.60 Å². The van der Waals surface area contributed by atoms with E-state index < -0.39 is 22.8 Å². The number of aliphatic hydroxyl groups is 1. The molecule has 1 aromatic rings. The molecule has 2 rings (SSSR count). The van der Waals surface area contributed by atoms with E-state index in [-0.39, 0.29) is 12.2 Å². The highest BCUT2D eigenvalue weighted by Gasteiger charge is 2.33. The van der Waals surface area contributed by atoms with Gasteiger partial charge in [0.15, 0.2) is 0 Å². The highest BCUT2D eigenvalue weighted by Crippen LogP contribution is 2.30. The topological polar surface area (TPSA) is 106 Å². The van der Waals surface area contributed by atoms with Gasteiger partial charge in [-0.05, 0) is 12.8 Å². The molecule has 0 aromatic carbocycles. The molecule has 104 valence electrons. The van der Waals surface area contributed by atoms with Gasteiger partial charge in [-0.15, -0.1) is 0 Å². The summed E-state index contributed by atoms with van der Waals surface area (Å²) in [6.07, 6.45) is 3.22. The molecule has 1 aliphatic carbocycles. The third-order valence-electron chi connectivity index (χ3n) is 3.40. The number of hydrogen-bond acceptors (Lipinski definition) is 4. The Bertz CT molecular complexity index is 555. The summed E-state index contributed by atoms with van der Waals surface area (Å²) in [5.74, 6) is -0.483. The van der Waals surface area contributed by atoms with Crippen molar-refractivity contribution in [2.45, 2.75) is 31.3 Å². The SMILES string of the molecule is CN(CC1(O)CCCC1)C(=O)c1cc(=O)[nH]c(=O)[nH]1. The molecular weight excluding hydrogens is 250 g/mol. The molecule has 0 saturated heterocycles. The number of nitrogens with one attached hydrogen (secondary N) is 2. The molecule has 0 aliphatic heterocycles. The first-order valence-electron chi connectivity index (χ1n) is 6.21. The second-order valence-electron chi connectivity index (χ2n) is 5.09. The molecule has 1 fully saturated rings. The Morgan fingerprint density at radius 3 is 2.58 bits per heavy atom. The average molecular weight is 267 g/mol. The zero-order valence-electron chi connectivity index (χ0n) is 10.7. The highest BCUT2D eigenvalue weighted by atomic mass is 16.3. The van der Waals surface area contributed by atoms with E-state index in [1.54, 1.807) is 0 Å². The minimum Gasteiger partial charge on any atom is -0.388 e. The van der Waals surface area contributed by atoms with Crippen LogP contribution < -0.4 is 11.2 Å². The zero-order valence-corrected chi connectivity index (χ0v) is 10.7. The van der Waals surface area contributed by atoms with Crippen molar-refractivity contribution in [3.8, 4) is 0 Å². The van der Waals surface area contributed by atoms with E-state index in [9.17, 15) is 19.5 Å². The van der Waals surface area contributed by atoms with Crippen molar-refractivity contribution in [1.82, 2.24) is 14.9 Å². The molecule has 7 heteroatoms. The molecule has 1 aliphatic rings. The summed E-state index contributed by atoms with van der Waals surface area (Å²) in [5.41, 5.74) is -2.27. The van der Waals surface area contributed by atoms with E-state index in [4.69, 9.17) is 0 Å². The van der Waals surface area contributed by atoms with Crippen LogP contribution in [0.2, 0.25) is 0 Å². The van der Waals surface area contributed by atoms with Crippen LogP contribution in [0.25, 0.3) is 0 Å². The zero-order chi connectivity index (χ0) is 14.0. The van der Waals surface area contributed by atoms with Crippen molar-refractivity contribution < 1.29 is 9.90 Å². The van der Waals surface area contributed by atoms with Gasteiger partial charge in [0.1, 0.15) is 5.69 Å². The van der Waals surface area contributed by atoms with Crippen LogP contribution >= 0.6 is 0 Å². The normalized spacial score (nSPS) is 17.4. The molecule has 0 spiro atoms. The van der Waals surface area contributed by atoms with Crippen LogP contribution in [0.1, 0.15) is 36.2 Å². The van der Waals surface area contributed by atoms with Crippen molar-refractivity contribution in [2.24, 2.45) is 0 Å². The molecule has 1 saturated carbocycles. The number of likely N-dealkylation sites (N-methyl/N-ethyl adjacent to an activating group) is 1. The van der Waals surface area contributed by atoms with E-state index in [2.05, 4.69) is 4.98 Å². The van der Waals surface area contributed by atoms with Gasteiger partial charge in [-0.1, -0.05) is 12.8 Å². The minimum atomic E-state index is -0.855. The summed E-state index contributed by atoms with van der Waals surface area (Å²) in [7, 11) is 1.54. The maximum Gasteiger partial charge on any atom is 0.326 e. The number of H-pyrrole nitrogens is 2. The number of aromatic nitrogens is 2. The lowest BCUT2D eigenvalue weighted by Gasteiger charge is -2.28. The molecule has 1 amide bonds. The third kappa shape index (κ3) is 3.11. The Morgan fingerprint density at radius 1 is 1.37 bits per heavy atom. The predicted molar refractivity (Wildman–Crippen MR) is 68.1 cm³/mol. The Balaban J connectivity index is 2.14. The fraction of sp³-hybridized carbons (Fsp3) is 0.583. The van der Waals surface area contributed by atoms with Gasteiger partial charge in [0.2, 0.25) is 0 Å². The second-order valence-corrected chi connectivity index (χ2v) is 5.09. The summed E-state index contributed by atoms with van der Waals surface area (Å²) in [5, 5.41) is 10.2. The minimum absolute atomic E-state index is 0.0714. The van der Waals surface area contributed by atoms with Gasteiger partial charge in [-0.2, -0.15) is 0 Å². The summed E-state index contributed by atoms with van der Waals surface area (Å²) in [6, 6.07) is 1.04. The lowest BCUT2D eigenvalue weighted by atomic mass is 10.0. The summed E-state index contributed by atoms with van der Waals surface area (Å²) < 4.78 is 0. The van der Waals surface area contributed by atoms with E-state index in [0.29, 0.717) is 12.8 Å². The number of aromatic amines is 2. The fourth-order valence-corrected chi connectivity index (χ4v) is 2.49. The van der Waals surface area contributed by atoms with Gasteiger partial charge in [-0.3, -0.25) is 14.6 Å². The van der Waals surface area contributed by atoms with Crippen LogP contribution in [0.15, 0.2) is 15.7 Å². The van der Waals surface area contributed by atoms with Crippen LogP contribution in [-0.2, 0) is 0 Å². The predicted octanol–water partition coefficient (Wildman–Crippen LogP) is -0.560. The first-order chi connectivity index (χ1) is 8.89. The molecule has 0 unspecified atom stereocenters. The Morgan fingerprint density at radius 2 is 2.00 bits per heavy atom. The van der Waals surface area contributed by atoms with Crippen LogP contribution in [0.3, 0.4) is 0 Å². The lowest BCUT2D eigenvalue weighted by Crippen LogP contribution is -2.43. The number of hydrogen-bond donors (Lipinski definition) is 3. The maximum atomic E-state index is 12.1. The number of carbonyl (C=O) groups excluding carboxylic acids is 1. The molecule has 0 atom stereocenters. The standard InChI is InChI=1S/C12H17N3O4/c1-15(7-12(19)4-2-3-5-12)10(17)8-6-9(16)14-11(18)13-8/h6,19H,2-5,7H2,1H3,(H2,13,14,16,18). The van der Waals surface area contributed by atoms with Gasteiger partial charge in [0, 0.05) is 19.7 Å². The summed E-state index contributed by atoms with van der Waals surface area (Å²) in [6.45, 7) is 0.195. The van der Waals surface area contributed by atoms with E-state index in [1.165, 1.54) is 11.9 Å². The summed E-state index contributed by atoms with van der Waals surface area (Å²) in [4.78, 5) is 39.9. The first-order valence-corrected chi connectivity index (χ1v) is 6.21. The number of amides is 1. The van der Waals surface area contributed by atoms with E-state index in [1.807, 2.05) is 4.98 Å². The van der Waals surface area contributed by atoms with E-state index in [0.717, 1.165) is 18.9 Å². The molecule has 1 aromatic heterocycles. The lowest BCUT2D eigenvalue weighted by molar-refractivity contribution is 0.0154. The van der Waals surface area contributed by atoms with Crippen LogP contribution in [0.5, 0.6) is 0 Å². The Hall–Kier alpha value is -1.89. The number of rotatable bonds is 3. The van der Waals surface area contributed by atoms with Gasteiger partial charge in [0.25, 0.3) is 11.5 Å². The van der Waals surface area contributed by atoms with Crippen LogP contribution in [0, 0.1) is 0 Å². The molecule has 3 N–H and O–H groups in total. The smallest absolute Gasteiger partial charge is 0.326 e. The fourth-order valence-electron chi connectivity index (χ4n) is 2.49. The van der Waals surface area contributed by atoms with Crippen LogP contribution in [0.4, 0.5) is 0 Å². The van der Waals surface area contributed by atoms with Crippen molar-refractivity contribution in [3.63, 3.8) is 0 Å². The van der Waals surface area contributed by atoms with Crippen molar-refractivity contribution >= 4 is 5.91 Å². The van der Waals surface area contributed by atoms with Gasteiger partial charge < -0.3 is 15.0 Å². The molecule has 0 radical (unpaired) electrons. The molecule has 1 heterocycles. The average Bonchev–Trinajstić information content (AvgIpc) is 2.73. The van der Waals surface area contributed by atoms with Crippen molar-refractivity contribution in [1.29, 1.82) is 0 Å². The van der Waals surface area contributed by atoms with Crippen LogP contribution in [-0.4, -0.2) is 45.1 Å². The monoisotopic (exact) mass is 267 g/mol. The highest BCUT2D eigenvalue weighted by molar-refractivity contribution is 5.91. The second kappa shape index (κ2) is 5.00. The maximum absolute atomic E-state index is 12.1. The Labute approximate surface area is 109 Å². The Kier molecular flexibility index (Phi) is 3.57. The molecule has 7 nitrogen and oxygen atoms in total. The van der Waals surface area contributed by atoms with Crippen molar-refractivity contribution in [2.75, 3.05) is 13.6 Å². The quantitative estimate of drug-likeness (QED) is 0.682. The van der Waals surface area contributed by atoms with Gasteiger partial charge >= 0.3 is 5.69 Å². The molecule has 19 heavy (non-hydrogen) atoms. The molecule has 0 bridgehead atoms. The summed E-state index contributed by atoms with van der Waals surface area (Å²) >= 11 is 0. The third-order valence-corrected chi connectivity index (χ3v) is 3.40. The largest absolute Gasteiger partial charge is 0.388 e. The molecular formula is C12H17N3O4. The number of carbonyl (C=O) groups is 1. The van der Waals surface area contributed by atoms with Crippen molar-refractivity contribution in [3.05, 3.63) is 32.6 Å². The number of nitrogens with zero attached hydrogens (tertiary/aromatic N) is 1. The van der Waals surface area contributed by atoms with Gasteiger partial charge in [-0.25, -0.2) is 4.79 Å². The first kappa shape index (κ1) is 13.5. The van der Waals surface area contributed by atoms with E-state index >= 15 is 0 Å².